The van der Waals surface area contributed by atoms with Crippen LogP contribution in [-0.2, 0) is 11.3 Å². The van der Waals surface area contributed by atoms with Crippen LogP contribution in [0, 0.1) is 18.3 Å². The number of carbonyl (C=O) groups excluding carboxylic acids is 1. The molecule has 21 heavy (non-hydrogen) atoms. The molecule has 0 fully saturated rings. The molecule has 0 saturated heterocycles. The first-order chi connectivity index (χ1) is 10.2. The Kier molecular flexibility index (Phi) is 4.84. The first kappa shape index (κ1) is 14.5. The average Bonchev–Trinajstić information content (AvgIpc) is 2.51. The Morgan fingerprint density at radius 2 is 2.00 bits per heavy atom. The van der Waals surface area contributed by atoms with Crippen molar-refractivity contribution in [3.05, 3.63) is 71.1 Å². The molecule has 0 unspecified atom stereocenters. The van der Waals surface area contributed by atoms with Gasteiger partial charge >= 0.3 is 0 Å². The van der Waals surface area contributed by atoms with Crippen LogP contribution in [0.4, 0.5) is 0 Å². The van der Waals surface area contributed by atoms with Crippen molar-refractivity contribution in [1.29, 1.82) is 5.26 Å². The van der Waals surface area contributed by atoms with Gasteiger partial charge in [0.15, 0.2) is 0 Å². The number of amides is 1. The van der Waals surface area contributed by atoms with Crippen molar-refractivity contribution in [2.75, 3.05) is 0 Å². The zero-order chi connectivity index (χ0) is 15.1. The number of aryl methyl sites for hydroxylation is 1. The second kappa shape index (κ2) is 7.01. The van der Waals surface area contributed by atoms with Gasteiger partial charge < -0.3 is 5.32 Å². The van der Waals surface area contributed by atoms with Crippen LogP contribution in [0.1, 0.15) is 17.0 Å². The minimum Gasteiger partial charge on any atom is -0.347 e. The summed E-state index contributed by atoms with van der Waals surface area (Å²) in [6, 6.07) is 16.9. The summed E-state index contributed by atoms with van der Waals surface area (Å²) in [5.74, 6) is -0.398. The fourth-order valence-corrected chi connectivity index (χ4v) is 1.81. The number of nitrogens with one attached hydrogen (secondary N) is 1. The molecule has 1 aromatic heterocycles. The number of hydrogen-bond donors (Lipinski definition) is 1. The van der Waals surface area contributed by atoms with Crippen LogP contribution < -0.4 is 5.32 Å². The second-order valence-electron chi connectivity index (χ2n) is 4.54. The monoisotopic (exact) mass is 277 g/mol. The van der Waals surface area contributed by atoms with Gasteiger partial charge in [0.05, 0.1) is 5.69 Å². The van der Waals surface area contributed by atoms with Crippen molar-refractivity contribution in [3.8, 4) is 6.07 Å². The molecular weight excluding hydrogens is 262 g/mol. The van der Waals surface area contributed by atoms with Crippen molar-refractivity contribution < 1.29 is 4.79 Å². The highest BCUT2D eigenvalue weighted by Gasteiger charge is 2.09. The molecule has 4 nitrogen and oxygen atoms in total. The van der Waals surface area contributed by atoms with Crippen LogP contribution in [-0.4, -0.2) is 10.9 Å². The molecule has 0 spiro atoms. The van der Waals surface area contributed by atoms with Gasteiger partial charge in [0, 0.05) is 12.2 Å². The van der Waals surface area contributed by atoms with Crippen molar-refractivity contribution >= 4 is 12.0 Å². The number of rotatable bonds is 4. The van der Waals surface area contributed by atoms with Gasteiger partial charge in [-0.1, -0.05) is 36.4 Å². The molecule has 0 aliphatic rings. The molecule has 0 radical (unpaired) electrons. The predicted molar refractivity (Wildman–Crippen MR) is 80.9 cm³/mol. The van der Waals surface area contributed by atoms with E-state index in [2.05, 4.69) is 10.3 Å². The topological polar surface area (TPSA) is 65.8 Å². The number of pyridine rings is 1. The molecule has 0 aliphatic heterocycles. The molecule has 0 atom stereocenters. The number of hydrogen-bond acceptors (Lipinski definition) is 3. The van der Waals surface area contributed by atoms with E-state index in [-0.39, 0.29) is 5.57 Å². The standard InChI is InChI=1S/C17H15N3O/c1-13-6-5-9-16(20-13)10-15(11-18)17(21)19-12-14-7-3-2-4-8-14/h2-10H,12H2,1H3,(H,19,21)/b15-10+. The Hall–Kier alpha value is -2.93. The summed E-state index contributed by atoms with van der Waals surface area (Å²) < 4.78 is 0. The fourth-order valence-electron chi connectivity index (χ4n) is 1.81. The maximum Gasteiger partial charge on any atom is 0.262 e. The van der Waals surface area contributed by atoms with Crippen LogP contribution in [0.2, 0.25) is 0 Å². The van der Waals surface area contributed by atoms with Crippen molar-refractivity contribution in [1.82, 2.24) is 10.3 Å². The van der Waals surface area contributed by atoms with Gasteiger partial charge in [-0.3, -0.25) is 9.78 Å². The highest BCUT2D eigenvalue weighted by Crippen LogP contribution is 2.06. The second-order valence-corrected chi connectivity index (χ2v) is 4.54. The summed E-state index contributed by atoms with van der Waals surface area (Å²) in [6.45, 7) is 2.25. The number of aromatic nitrogens is 1. The van der Waals surface area contributed by atoms with Gasteiger partial charge in [0.2, 0.25) is 0 Å². The molecule has 104 valence electrons. The summed E-state index contributed by atoms with van der Waals surface area (Å²) in [5, 5.41) is 11.8. The molecule has 1 N–H and O–H groups in total. The largest absolute Gasteiger partial charge is 0.347 e. The van der Waals surface area contributed by atoms with Crippen molar-refractivity contribution in [2.45, 2.75) is 13.5 Å². The van der Waals surface area contributed by atoms with Crippen molar-refractivity contribution in [2.24, 2.45) is 0 Å². The maximum absolute atomic E-state index is 12.0. The van der Waals surface area contributed by atoms with Crippen LogP contribution in [0.3, 0.4) is 0 Å². The minimum atomic E-state index is -0.398. The highest BCUT2D eigenvalue weighted by atomic mass is 16.1. The molecule has 1 amide bonds. The number of nitriles is 1. The first-order valence-corrected chi connectivity index (χ1v) is 6.56. The van der Waals surface area contributed by atoms with E-state index in [0.29, 0.717) is 12.2 Å². The lowest BCUT2D eigenvalue weighted by Crippen LogP contribution is -2.23. The molecule has 0 bridgehead atoms. The summed E-state index contributed by atoms with van der Waals surface area (Å²) >= 11 is 0. The zero-order valence-electron chi connectivity index (χ0n) is 11.7. The Morgan fingerprint density at radius 3 is 2.67 bits per heavy atom. The SMILES string of the molecule is Cc1cccc(/C=C(\C#N)C(=O)NCc2ccccc2)n1. The van der Waals surface area contributed by atoms with Gasteiger partial charge in [0.1, 0.15) is 11.6 Å². The Bertz CT molecular complexity index is 699. The molecular formula is C17H15N3O. The number of nitrogens with zero attached hydrogens (tertiary/aromatic N) is 2. The van der Waals surface area contributed by atoms with E-state index < -0.39 is 5.91 Å². The van der Waals surface area contributed by atoms with Crippen LogP contribution in [0.25, 0.3) is 6.08 Å². The van der Waals surface area contributed by atoms with Gasteiger partial charge in [-0.25, -0.2) is 0 Å². The smallest absolute Gasteiger partial charge is 0.262 e. The number of benzene rings is 1. The van der Waals surface area contributed by atoms with Gasteiger partial charge in [0.25, 0.3) is 5.91 Å². The molecule has 2 rings (SSSR count). The quantitative estimate of drug-likeness (QED) is 0.690. The number of carbonyl (C=O) groups is 1. The van der Waals surface area contributed by atoms with E-state index in [0.717, 1.165) is 11.3 Å². The lowest BCUT2D eigenvalue weighted by atomic mass is 10.2. The Labute approximate surface area is 123 Å². The zero-order valence-corrected chi connectivity index (χ0v) is 11.7. The molecule has 2 aromatic rings. The fraction of sp³-hybridized carbons (Fsp3) is 0.118. The van der Waals surface area contributed by atoms with Crippen LogP contribution in [0.15, 0.2) is 54.1 Å². The van der Waals surface area contributed by atoms with Crippen LogP contribution in [0.5, 0.6) is 0 Å². The summed E-state index contributed by atoms with van der Waals surface area (Å²) in [4.78, 5) is 16.3. The lowest BCUT2D eigenvalue weighted by Gasteiger charge is -2.04. The molecule has 0 saturated carbocycles. The van der Waals surface area contributed by atoms with E-state index in [4.69, 9.17) is 5.26 Å². The van der Waals surface area contributed by atoms with Gasteiger partial charge in [-0.05, 0) is 30.7 Å². The predicted octanol–water partition coefficient (Wildman–Crippen LogP) is 2.61. The molecule has 0 aliphatic carbocycles. The summed E-state index contributed by atoms with van der Waals surface area (Å²) in [7, 11) is 0. The Morgan fingerprint density at radius 1 is 1.24 bits per heavy atom. The van der Waals surface area contributed by atoms with Crippen LogP contribution >= 0.6 is 0 Å². The third kappa shape index (κ3) is 4.29. The highest BCUT2D eigenvalue weighted by molar-refractivity contribution is 6.01. The van der Waals surface area contributed by atoms with E-state index in [9.17, 15) is 4.79 Å². The lowest BCUT2D eigenvalue weighted by molar-refractivity contribution is -0.117. The maximum atomic E-state index is 12.0. The van der Waals surface area contributed by atoms with Crippen molar-refractivity contribution in [3.63, 3.8) is 0 Å². The summed E-state index contributed by atoms with van der Waals surface area (Å²) in [6.07, 6.45) is 1.49. The van der Waals surface area contributed by atoms with E-state index in [1.807, 2.05) is 55.5 Å². The first-order valence-electron chi connectivity index (χ1n) is 6.56. The molecule has 1 heterocycles. The normalized spacial score (nSPS) is 10.8. The van der Waals surface area contributed by atoms with Gasteiger partial charge in [-0.2, -0.15) is 5.26 Å². The van der Waals surface area contributed by atoms with Gasteiger partial charge in [-0.15, -0.1) is 0 Å². The minimum absolute atomic E-state index is 0.0454. The third-order valence-corrected chi connectivity index (χ3v) is 2.86. The molecule has 4 heteroatoms. The van der Waals surface area contributed by atoms with E-state index in [1.54, 1.807) is 6.07 Å². The van der Waals surface area contributed by atoms with E-state index >= 15 is 0 Å². The average molecular weight is 277 g/mol. The third-order valence-electron chi connectivity index (χ3n) is 2.86. The molecule has 1 aromatic carbocycles. The van der Waals surface area contributed by atoms with E-state index in [1.165, 1.54) is 6.08 Å². The Balaban J connectivity index is 2.07. The summed E-state index contributed by atoms with van der Waals surface area (Å²) in [5.41, 5.74) is 2.47.